The van der Waals surface area contributed by atoms with E-state index in [2.05, 4.69) is 5.32 Å². The number of aliphatic carboxylic acids is 1. The molecular formula is C14H19NO6. The monoisotopic (exact) mass is 297 g/mol. The molecule has 1 aromatic rings. The van der Waals surface area contributed by atoms with Crippen LogP contribution in [0.15, 0.2) is 18.2 Å². The van der Waals surface area contributed by atoms with E-state index >= 15 is 0 Å². The van der Waals surface area contributed by atoms with E-state index in [1.165, 1.54) is 18.2 Å². The summed E-state index contributed by atoms with van der Waals surface area (Å²) in [7, 11) is 0. The fourth-order valence-electron chi connectivity index (χ4n) is 1.68. The molecule has 1 aromatic carbocycles. The van der Waals surface area contributed by atoms with Crippen LogP contribution in [0.1, 0.15) is 18.9 Å². The summed E-state index contributed by atoms with van der Waals surface area (Å²) in [6.07, 6.45) is 0.755. The Kier molecular flexibility index (Phi) is 6.48. The van der Waals surface area contributed by atoms with Crippen LogP contribution in [0.25, 0.3) is 0 Å². The molecule has 0 saturated carbocycles. The molecule has 7 heteroatoms. The van der Waals surface area contributed by atoms with Crippen molar-refractivity contribution in [1.29, 1.82) is 0 Å². The van der Waals surface area contributed by atoms with E-state index in [-0.39, 0.29) is 24.5 Å². The van der Waals surface area contributed by atoms with Crippen LogP contribution in [0.5, 0.6) is 11.5 Å². The van der Waals surface area contributed by atoms with E-state index in [4.69, 9.17) is 9.84 Å². The Morgan fingerprint density at radius 3 is 2.57 bits per heavy atom. The van der Waals surface area contributed by atoms with E-state index in [1.807, 2.05) is 6.92 Å². The predicted octanol–water partition coefficient (Wildman–Crippen LogP) is 0.636. The van der Waals surface area contributed by atoms with Crippen molar-refractivity contribution in [1.82, 2.24) is 5.32 Å². The van der Waals surface area contributed by atoms with Crippen molar-refractivity contribution in [3.05, 3.63) is 23.8 Å². The molecule has 0 fully saturated rings. The fourth-order valence-corrected chi connectivity index (χ4v) is 1.68. The van der Waals surface area contributed by atoms with Crippen LogP contribution < -0.4 is 5.32 Å². The van der Waals surface area contributed by atoms with Gasteiger partial charge in [0.2, 0.25) is 5.91 Å². The highest BCUT2D eigenvalue weighted by atomic mass is 16.5. The van der Waals surface area contributed by atoms with Gasteiger partial charge in [-0.25, -0.2) is 4.79 Å². The van der Waals surface area contributed by atoms with Crippen LogP contribution in [0.2, 0.25) is 0 Å². The molecule has 0 aromatic heterocycles. The number of amides is 1. The number of carboxylic acid groups (broad SMARTS) is 1. The number of carbonyl (C=O) groups excluding carboxylic acids is 1. The summed E-state index contributed by atoms with van der Waals surface area (Å²) in [6, 6.07) is 2.86. The van der Waals surface area contributed by atoms with Crippen molar-refractivity contribution in [2.24, 2.45) is 0 Å². The molecule has 0 aliphatic carbocycles. The Labute approximate surface area is 122 Å². The molecule has 116 valence electrons. The zero-order chi connectivity index (χ0) is 15.8. The SMILES string of the molecule is CCCOCC(=O)NC(Cc1ccc(O)c(O)c1)C(=O)O. The normalized spacial score (nSPS) is 11.9. The molecule has 0 spiro atoms. The number of phenols is 2. The van der Waals surface area contributed by atoms with Gasteiger partial charge in [0.1, 0.15) is 12.6 Å². The largest absolute Gasteiger partial charge is 0.504 e. The Morgan fingerprint density at radius 1 is 1.29 bits per heavy atom. The van der Waals surface area contributed by atoms with Gasteiger partial charge in [0.05, 0.1) is 0 Å². The van der Waals surface area contributed by atoms with Crippen LogP contribution in [0.4, 0.5) is 0 Å². The molecule has 1 rings (SSSR count). The number of hydrogen-bond acceptors (Lipinski definition) is 5. The first kappa shape index (κ1) is 16.8. The van der Waals surface area contributed by atoms with Crippen molar-refractivity contribution in [3.63, 3.8) is 0 Å². The van der Waals surface area contributed by atoms with Crippen molar-refractivity contribution in [2.75, 3.05) is 13.2 Å². The molecule has 21 heavy (non-hydrogen) atoms. The Bertz CT molecular complexity index is 502. The molecule has 1 unspecified atom stereocenters. The van der Waals surface area contributed by atoms with Crippen LogP contribution in [-0.2, 0) is 20.7 Å². The standard InChI is InChI=1S/C14H19NO6/c1-2-5-21-8-13(18)15-10(14(19)20)6-9-3-4-11(16)12(17)7-9/h3-4,7,10,16-17H,2,5-6,8H2,1H3,(H,15,18)(H,19,20). The van der Waals surface area contributed by atoms with Gasteiger partial charge in [-0.3, -0.25) is 4.79 Å². The van der Waals surface area contributed by atoms with Gasteiger partial charge in [-0.2, -0.15) is 0 Å². The molecule has 0 heterocycles. The van der Waals surface area contributed by atoms with E-state index in [1.54, 1.807) is 0 Å². The maximum atomic E-state index is 11.6. The lowest BCUT2D eigenvalue weighted by Crippen LogP contribution is -2.43. The van der Waals surface area contributed by atoms with Crippen molar-refractivity contribution in [2.45, 2.75) is 25.8 Å². The maximum Gasteiger partial charge on any atom is 0.326 e. The second kappa shape index (κ2) is 8.11. The predicted molar refractivity (Wildman–Crippen MR) is 74.2 cm³/mol. The van der Waals surface area contributed by atoms with Crippen LogP contribution >= 0.6 is 0 Å². The van der Waals surface area contributed by atoms with Crippen molar-refractivity contribution < 1.29 is 29.6 Å². The van der Waals surface area contributed by atoms with Crippen LogP contribution in [-0.4, -0.2) is 46.5 Å². The van der Waals surface area contributed by atoms with Crippen molar-refractivity contribution >= 4 is 11.9 Å². The summed E-state index contributed by atoms with van der Waals surface area (Å²) in [5.41, 5.74) is 0.479. The minimum atomic E-state index is -1.19. The molecule has 0 aliphatic rings. The molecule has 4 N–H and O–H groups in total. The van der Waals surface area contributed by atoms with Gasteiger partial charge in [0.15, 0.2) is 11.5 Å². The second-order valence-corrected chi connectivity index (χ2v) is 4.54. The Hall–Kier alpha value is -2.28. The number of rotatable bonds is 8. The molecule has 0 saturated heterocycles. The highest BCUT2D eigenvalue weighted by molar-refractivity contribution is 5.84. The minimum Gasteiger partial charge on any atom is -0.504 e. The lowest BCUT2D eigenvalue weighted by Gasteiger charge is -2.15. The number of ether oxygens (including phenoxy) is 1. The number of aromatic hydroxyl groups is 2. The van der Waals surface area contributed by atoms with Gasteiger partial charge >= 0.3 is 5.97 Å². The third kappa shape index (κ3) is 5.70. The Morgan fingerprint density at radius 2 is 2.00 bits per heavy atom. The van der Waals surface area contributed by atoms with Crippen LogP contribution in [0.3, 0.4) is 0 Å². The Balaban J connectivity index is 2.63. The van der Waals surface area contributed by atoms with E-state index < -0.39 is 17.9 Å². The number of carbonyl (C=O) groups is 2. The smallest absolute Gasteiger partial charge is 0.326 e. The average Bonchev–Trinajstić information content (AvgIpc) is 2.42. The highest BCUT2D eigenvalue weighted by Crippen LogP contribution is 2.25. The molecule has 1 atom stereocenters. The summed E-state index contributed by atoms with van der Waals surface area (Å²) < 4.78 is 5.03. The summed E-state index contributed by atoms with van der Waals surface area (Å²) in [5, 5.41) is 30.0. The lowest BCUT2D eigenvalue weighted by molar-refractivity contribution is -0.142. The maximum absolute atomic E-state index is 11.6. The van der Waals surface area contributed by atoms with Gasteiger partial charge in [-0.15, -0.1) is 0 Å². The highest BCUT2D eigenvalue weighted by Gasteiger charge is 2.20. The summed E-state index contributed by atoms with van der Waals surface area (Å²) in [4.78, 5) is 22.7. The first-order valence-electron chi connectivity index (χ1n) is 6.54. The molecule has 0 aliphatic heterocycles. The fraction of sp³-hybridized carbons (Fsp3) is 0.429. The zero-order valence-electron chi connectivity index (χ0n) is 11.7. The van der Waals surface area contributed by atoms with E-state index in [0.717, 1.165) is 6.42 Å². The number of phenolic OH excluding ortho intramolecular Hbond substituents is 2. The zero-order valence-corrected chi connectivity index (χ0v) is 11.7. The van der Waals surface area contributed by atoms with E-state index in [0.29, 0.717) is 12.2 Å². The van der Waals surface area contributed by atoms with Crippen molar-refractivity contribution in [3.8, 4) is 11.5 Å². The molecular weight excluding hydrogens is 278 g/mol. The summed E-state index contributed by atoms with van der Waals surface area (Å²) in [6.45, 7) is 2.13. The molecule has 0 bridgehead atoms. The molecule has 0 radical (unpaired) electrons. The first-order chi connectivity index (χ1) is 9.93. The van der Waals surface area contributed by atoms with Gasteiger partial charge < -0.3 is 25.4 Å². The van der Waals surface area contributed by atoms with Gasteiger partial charge in [0, 0.05) is 13.0 Å². The third-order valence-corrected chi connectivity index (χ3v) is 2.69. The second-order valence-electron chi connectivity index (χ2n) is 4.54. The van der Waals surface area contributed by atoms with E-state index in [9.17, 15) is 19.8 Å². The first-order valence-corrected chi connectivity index (χ1v) is 6.54. The topological polar surface area (TPSA) is 116 Å². The molecule has 1 amide bonds. The molecule has 7 nitrogen and oxygen atoms in total. The number of nitrogens with one attached hydrogen (secondary N) is 1. The number of benzene rings is 1. The average molecular weight is 297 g/mol. The van der Waals surface area contributed by atoms with Crippen LogP contribution in [0, 0.1) is 0 Å². The van der Waals surface area contributed by atoms with Gasteiger partial charge in [0.25, 0.3) is 0 Å². The quantitative estimate of drug-likeness (QED) is 0.413. The van der Waals surface area contributed by atoms with Gasteiger partial charge in [-0.1, -0.05) is 13.0 Å². The summed E-state index contributed by atoms with van der Waals surface area (Å²) in [5.74, 6) is -2.33. The van der Waals surface area contributed by atoms with Gasteiger partial charge in [-0.05, 0) is 24.1 Å². The summed E-state index contributed by atoms with van der Waals surface area (Å²) >= 11 is 0. The minimum absolute atomic E-state index is 0.0112. The number of carboxylic acids is 1. The lowest BCUT2D eigenvalue weighted by atomic mass is 10.1. The number of hydrogen-bond donors (Lipinski definition) is 4. The third-order valence-electron chi connectivity index (χ3n) is 2.69.